The monoisotopic (exact) mass is 242 g/mol. The molecule has 0 aliphatic heterocycles. The van der Waals surface area contributed by atoms with E-state index in [-0.39, 0.29) is 5.92 Å². The number of rotatable bonds is 3. The molecule has 3 nitrogen and oxygen atoms in total. The maximum atomic E-state index is 11.6. The first kappa shape index (κ1) is 12.8. The van der Waals surface area contributed by atoms with Crippen molar-refractivity contribution in [2.75, 3.05) is 14.2 Å². The van der Waals surface area contributed by atoms with E-state index in [1.54, 1.807) is 12.1 Å². The molecule has 0 atom stereocenters. The van der Waals surface area contributed by atoms with Crippen LogP contribution in [0.5, 0.6) is 5.75 Å². The molecule has 0 saturated heterocycles. The van der Waals surface area contributed by atoms with Gasteiger partial charge in [-0.2, -0.15) is 0 Å². The van der Waals surface area contributed by atoms with E-state index in [0.29, 0.717) is 16.3 Å². The summed E-state index contributed by atoms with van der Waals surface area (Å²) in [6.45, 7) is 4.05. The Morgan fingerprint density at radius 1 is 1.31 bits per heavy atom. The predicted molar refractivity (Wildman–Crippen MR) is 63.4 cm³/mol. The van der Waals surface area contributed by atoms with Crippen LogP contribution in [0.4, 0.5) is 0 Å². The van der Waals surface area contributed by atoms with E-state index in [4.69, 9.17) is 21.1 Å². The first-order valence-electron chi connectivity index (χ1n) is 4.97. The second-order valence-electron chi connectivity index (χ2n) is 3.73. The molecule has 0 aliphatic carbocycles. The zero-order valence-electron chi connectivity index (χ0n) is 9.83. The Kier molecular flexibility index (Phi) is 4.19. The molecule has 4 heteroatoms. The van der Waals surface area contributed by atoms with Crippen molar-refractivity contribution >= 4 is 17.6 Å². The molecule has 16 heavy (non-hydrogen) atoms. The summed E-state index contributed by atoms with van der Waals surface area (Å²) in [6.07, 6.45) is 0. The number of carbonyl (C=O) groups is 1. The van der Waals surface area contributed by atoms with Gasteiger partial charge < -0.3 is 9.47 Å². The van der Waals surface area contributed by atoms with E-state index >= 15 is 0 Å². The molecule has 0 spiro atoms. The molecular weight excluding hydrogens is 228 g/mol. The van der Waals surface area contributed by atoms with Crippen LogP contribution in [0.15, 0.2) is 12.1 Å². The highest BCUT2D eigenvalue weighted by Gasteiger charge is 2.18. The van der Waals surface area contributed by atoms with Crippen molar-refractivity contribution in [3.05, 3.63) is 28.3 Å². The van der Waals surface area contributed by atoms with Crippen molar-refractivity contribution in [2.24, 2.45) is 0 Å². The molecule has 0 unspecified atom stereocenters. The minimum Gasteiger partial charge on any atom is -0.494 e. The summed E-state index contributed by atoms with van der Waals surface area (Å²) in [4.78, 5) is 11.6. The highest BCUT2D eigenvalue weighted by atomic mass is 35.5. The van der Waals surface area contributed by atoms with Crippen LogP contribution in [0.25, 0.3) is 0 Å². The summed E-state index contributed by atoms with van der Waals surface area (Å²) in [5.74, 6) is 0.200. The minimum absolute atomic E-state index is 0.284. The van der Waals surface area contributed by atoms with Crippen molar-refractivity contribution in [2.45, 2.75) is 19.8 Å². The highest BCUT2D eigenvalue weighted by molar-refractivity contribution is 6.32. The zero-order valence-corrected chi connectivity index (χ0v) is 10.6. The molecule has 0 aromatic heterocycles. The van der Waals surface area contributed by atoms with Crippen molar-refractivity contribution in [1.82, 2.24) is 0 Å². The normalized spacial score (nSPS) is 10.4. The SMILES string of the molecule is COC(=O)c1cc(C(C)C)cc(Cl)c1OC. The van der Waals surface area contributed by atoms with Gasteiger partial charge in [0.25, 0.3) is 0 Å². The molecule has 0 bridgehead atoms. The molecule has 0 saturated carbocycles. The Hall–Kier alpha value is -1.22. The molecule has 1 rings (SSSR count). The topological polar surface area (TPSA) is 35.5 Å². The van der Waals surface area contributed by atoms with Gasteiger partial charge in [-0.05, 0) is 23.6 Å². The molecule has 0 N–H and O–H groups in total. The van der Waals surface area contributed by atoms with Crippen LogP contribution in [-0.2, 0) is 4.74 Å². The van der Waals surface area contributed by atoms with Gasteiger partial charge in [0.2, 0.25) is 0 Å². The maximum Gasteiger partial charge on any atom is 0.341 e. The fourth-order valence-electron chi connectivity index (χ4n) is 1.42. The Morgan fingerprint density at radius 3 is 2.38 bits per heavy atom. The van der Waals surface area contributed by atoms with Crippen molar-refractivity contribution in [3.63, 3.8) is 0 Å². The second-order valence-corrected chi connectivity index (χ2v) is 4.14. The summed E-state index contributed by atoms with van der Waals surface area (Å²) < 4.78 is 9.79. The molecule has 1 aromatic rings. The molecule has 88 valence electrons. The van der Waals surface area contributed by atoms with Crippen LogP contribution in [0.3, 0.4) is 0 Å². The number of methoxy groups -OCH3 is 2. The fourth-order valence-corrected chi connectivity index (χ4v) is 1.72. The average Bonchev–Trinajstić information content (AvgIpc) is 2.26. The third-order valence-corrected chi connectivity index (χ3v) is 2.62. The summed E-state index contributed by atoms with van der Waals surface area (Å²) >= 11 is 6.05. The molecule has 0 heterocycles. The second kappa shape index (κ2) is 5.21. The number of benzene rings is 1. The third kappa shape index (κ3) is 2.47. The first-order valence-corrected chi connectivity index (χ1v) is 5.34. The van der Waals surface area contributed by atoms with Crippen molar-refractivity contribution in [1.29, 1.82) is 0 Å². The van der Waals surface area contributed by atoms with Gasteiger partial charge in [0, 0.05) is 0 Å². The van der Waals surface area contributed by atoms with Crippen molar-refractivity contribution < 1.29 is 14.3 Å². The Balaban J connectivity index is 3.36. The maximum absolute atomic E-state index is 11.6. The number of carbonyl (C=O) groups excluding carboxylic acids is 1. The quantitative estimate of drug-likeness (QED) is 0.764. The number of ether oxygens (including phenoxy) is 2. The fraction of sp³-hybridized carbons (Fsp3) is 0.417. The third-order valence-electron chi connectivity index (χ3n) is 2.34. The van der Waals surface area contributed by atoms with Crippen LogP contribution in [-0.4, -0.2) is 20.2 Å². The summed E-state index contributed by atoms with van der Waals surface area (Å²) in [5.41, 5.74) is 1.34. The summed E-state index contributed by atoms with van der Waals surface area (Å²) in [7, 11) is 2.81. The molecule has 0 fully saturated rings. The lowest BCUT2D eigenvalue weighted by Gasteiger charge is -2.13. The molecular formula is C12H15ClO3. The lowest BCUT2D eigenvalue weighted by atomic mass is 10.00. The minimum atomic E-state index is -0.443. The largest absolute Gasteiger partial charge is 0.494 e. The number of esters is 1. The van der Waals surface area contributed by atoms with Gasteiger partial charge in [-0.1, -0.05) is 25.4 Å². The lowest BCUT2D eigenvalue weighted by Crippen LogP contribution is -2.06. The van der Waals surface area contributed by atoms with Gasteiger partial charge in [-0.3, -0.25) is 0 Å². The average molecular weight is 243 g/mol. The number of hydrogen-bond donors (Lipinski definition) is 0. The van der Waals surface area contributed by atoms with Crippen LogP contribution < -0.4 is 4.74 Å². The zero-order chi connectivity index (χ0) is 12.3. The molecule has 0 amide bonds. The van der Waals surface area contributed by atoms with E-state index in [2.05, 4.69) is 0 Å². The van der Waals surface area contributed by atoms with Gasteiger partial charge in [0.15, 0.2) is 5.75 Å². The van der Waals surface area contributed by atoms with E-state index in [1.165, 1.54) is 14.2 Å². The Labute approximate surface area is 100 Å². The van der Waals surface area contributed by atoms with Gasteiger partial charge >= 0.3 is 5.97 Å². The number of halogens is 1. The Bertz CT molecular complexity index is 399. The Morgan fingerprint density at radius 2 is 1.94 bits per heavy atom. The van der Waals surface area contributed by atoms with Gasteiger partial charge in [-0.15, -0.1) is 0 Å². The highest BCUT2D eigenvalue weighted by Crippen LogP contribution is 2.33. The molecule has 0 radical (unpaired) electrons. The lowest BCUT2D eigenvalue weighted by molar-refractivity contribution is 0.0597. The van der Waals surface area contributed by atoms with Gasteiger partial charge in [-0.25, -0.2) is 4.79 Å². The van der Waals surface area contributed by atoms with Crippen LogP contribution >= 0.6 is 11.6 Å². The first-order chi connectivity index (χ1) is 7.51. The molecule has 0 aliphatic rings. The number of hydrogen-bond acceptors (Lipinski definition) is 3. The van der Waals surface area contributed by atoms with Gasteiger partial charge in [0.05, 0.1) is 19.2 Å². The van der Waals surface area contributed by atoms with Crippen molar-refractivity contribution in [3.8, 4) is 5.75 Å². The summed E-state index contributed by atoms with van der Waals surface area (Å²) in [6, 6.07) is 3.55. The van der Waals surface area contributed by atoms with E-state index in [1.807, 2.05) is 13.8 Å². The van der Waals surface area contributed by atoms with E-state index in [9.17, 15) is 4.79 Å². The molecule has 1 aromatic carbocycles. The van der Waals surface area contributed by atoms with Gasteiger partial charge in [0.1, 0.15) is 5.56 Å². The van der Waals surface area contributed by atoms with Crippen LogP contribution in [0.2, 0.25) is 5.02 Å². The van der Waals surface area contributed by atoms with Crippen LogP contribution in [0, 0.1) is 0 Å². The predicted octanol–water partition coefficient (Wildman–Crippen LogP) is 3.26. The standard InChI is InChI=1S/C12H15ClO3/c1-7(2)8-5-9(12(14)16-4)11(15-3)10(13)6-8/h5-7H,1-4H3. The smallest absolute Gasteiger partial charge is 0.341 e. The summed E-state index contributed by atoms with van der Waals surface area (Å²) in [5, 5.41) is 0.425. The van der Waals surface area contributed by atoms with E-state index in [0.717, 1.165) is 5.56 Å². The van der Waals surface area contributed by atoms with E-state index < -0.39 is 5.97 Å². The van der Waals surface area contributed by atoms with Crippen LogP contribution in [0.1, 0.15) is 35.7 Å².